The Hall–Kier alpha value is -2.92. The van der Waals surface area contributed by atoms with E-state index in [1.54, 1.807) is 23.7 Å². The van der Waals surface area contributed by atoms with E-state index in [9.17, 15) is 14.9 Å². The summed E-state index contributed by atoms with van der Waals surface area (Å²) in [6, 6.07) is 11.4. The Labute approximate surface area is 178 Å². The number of aryl methyl sites for hydroxylation is 1. The summed E-state index contributed by atoms with van der Waals surface area (Å²) in [4.78, 5) is 23.4. The van der Waals surface area contributed by atoms with Gasteiger partial charge < -0.3 is 14.0 Å². The first kappa shape index (κ1) is 20.8. The summed E-state index contributed by atoms with van der Waals surface area (Å²) in [5.41, 5.74) is -0.124. The van der Waals surface area contributed by atoms with E-state index in [1.807, 2.05) is 12.1 Å². The first-order chi connectivity index (χ1) is 13.9. The molecule has 9 nitrogen and oxygen atoms in total. The number of rotatable bonds is 8. The van der Waals surface area contributed by atoms with Crippen molar-refractivity contribution in [2.24, 2.45) is 7.05 Å². The van der Waals surface area contributed by atoms with Gasteiger partial charge in [0, 0.05) is 17.6 Å². The highest BCUT2D eigenvalue weighted by atomic mass is 79.9. The van der Waals surface area contributed by atoms with Crippen LogP contribution in [0, 0.1) is 10.1 Å². The van der Waals surface area contributed by atoms with Crippen LogP contribution in [0.15, 0.2) is 63.3 Å². The molecule has 0 radical (unpaired) electrons. The van der Waals surface area contributed by atoms with Crippen molar-refractivity contribution in [3.8, 4) is 5.75 Å². The summed E-state index contributed by atoms with van der Waals surface area (Å²) >= 11 is 4.42. The zero-order valence-electron chi connectivity index (χ0n) is 15.1. The number of carbonyl (C=O) groups excluding carboxylic acids is 1. The van der Waals surface area contributed by atoms with E-state index in [4.69, 9.17) is 9.47 Å². The minimum Gasteiger partial charge on any atom is -0.490 e. The molecule has 0 unspecified atom stereocenters. The number of aromatic nitrogens is 3. The second-order valence-electron chi connectivity index (χ2n) is 5.70. The van der Waals surface area contributed by atoms with Gasteiger partial charge in [0.1, 0.15) is 25.3 Å². The van der Waals surface area contributed by atoms with Crippen molar-refractivity contribution >= 4 is 39.3 Å². The highest BCUT2D eigenvalue weighted by molar-refractivity contribution is 9.10. The number of hydrogen-bond donors (Lipinski definition) is 0. The van der Waals surface area contributed by atoms with Gasteiger partial charge in [-0.25, -0.2) is 4.79 Å². The lowest BCUT2D eigenvalue weighted by Crippen LogP contribution is -2.12. The minimum atomic E-state index is -0.664. The number of hydrogen-bond acceptors (Lipinski definition) is 8. The molecule has 0 aliphatic rings. The molecule has 11 heteroatoms. The number of carbonyl (C=O) groups is 1. The van der Waals surface area contributed by atoms with Gasteiger partial charge in [-0.15, -0.1) is 10.2 Å². The number of esters is 1. The lowest BCUT2D eigenvalue weighted by molar-refractivity contribution is -0.387. The molecule has 0 N–H and O–H groups in total. The Morgan fingerprint density at radius 3 is 2.66 bits per heavy atom. The molecule has 0 fully saturated rings. The van der Waals surface area contributed by atoms with Gasteiger partial charge in [0.25, 0.3) is 5.69 Å². The summed E-state index contributed by atoms with van der Waals surface area (Å²) in [7, 11) is 1.73. The molecule has 0 saturated carbocycles. The van der Waals surface area contributed by atoms with Gasteiger partial charge in [-0.05, 0) is 48.2 Å². The summed E-state index contributed by atoms with van der Waals surface area (Å²) in [5, 5.41) is 19.6. The third kappa shape index (κ3) is 5.55. The number of ether oxygens (including phenoxy) is 2. The third-order valence-corrected chi connectivity index (χ3v) is 5.31. The predicted octanol–water partition coefficient (Wildman–Crippen LogP) is 3.87. The number of halogens is 1. The predicted molar refractivity (Wildman–Crippen MR) is 108 cm³/mol. The average Bonchev–Trinajstić information content (AvgIpc) is 3.11. The van der Waals surface area contributed by atoms with Crippen molar-refractivity contribution in [1.82, 2.24) is 14.8 Å². The Kier molecular flexibility index (Phi) is 6.83. The van der Waals surface area contributed by atoms with Gasteiger partial charge in [0.05, 0.1) is 15.4 Å². The summed E-state index contributed by atoms with van der Waals surface area (Å²) in [6.07, 6.45) is 1.50. The Morgan fingerprint density at radius 1 is 1.24 bits per heavy atom. The maximum absolute atomic E-state index is 12.2. The minimum absolute atomic E-state index is 0.0120. The van der Waals surface area contributed by atoms with Crippen LogP contribution in [-0.2, 0) is 11.8 Å². The zero-order chi connectivity index (χ0) is 20.8. The fourth-order valence-electron chi connectivity index (χ4n) is 2.24. The maximum Gasteiger partial charge on any atom is 0.338 e. The lowest BCUT2D eigenvalue weighted by atomic mass is 10.2. The number of nitrogens with zero attached hydrogens (tertiary/aromatic N) is 4. The van der Waals surface area contributed by atoms with E-state index >= 15 is 0 Å². The standard InChI is InChI=1S/C18H15BrN4O5S/c1-22-11-20-21-18(22)29-16-7-2-12(10-15(16)23(25)26)17(24)28-9-8-27-14-5-3-13(19)4-6-14/h2-7,10-11H,8-9H2,1H3. The number of nitro groups is 1. The van der Waals surface area contributed by atoms with Gasteiger partial charge in [0.15, 0.2) is 5.16 Å². The van der Waals surface area contributed by atoms with Crippen molar-refractivity contribution in [3.63, 3.8) is 0 Å². The summed E-state index contributed by atoms with van der Waals surface area (Å²) in [6.45, 7) is 0.174. The molecule has 0 atom stereocenters. The molecule has 150 valence electrons. The molecule has 0 amide bonds. The van der Waals surface area contributed by atoms with Gasteiger partial charge >= 0.3 is 5.97 Å². The highest BCUT2D eigenvalue weighted by Crippen LogP contribution is 2.34. The van der Waals surface area contributed by atoms with Crippen molar-refractivity contribution in [2.45, 2.75) is 10.1 Å². The van der Waals surface area contributed by atoms with E-state index in [1.165, 1.54) is 24.5 Å². The molecule has 0 bridgehead atoms. The quantitative estimate of drug-likeness (QED) is 0.207. The van der Waals surface area contributed by atoms with Crippen molar-refractivity contribution in [3.05, 3.63) is 68.9 Å². The molecule has 0 saturated heterocycles. The lowest BCUT2D eigenvalue weighted by Gasteiger charge is -2.08. The second kappa shape index (κ2) is 9.52. The molecule has 1 heterocycles. The normalized spacial score (nSPS) is 10.6. The second-order valence-corrected chi connectivity index (χ2v) is 7.63. The van der Waals surface area contributed by atoms with E-state index < -0.39 is 10.9 Å². The van der Waals surface area contributed by atoms with Crippen LogP contribution < -0.4 is 4.74 Å². The van der Waals surface area contributed by atoms with Crippen LogP contribution in [0.3, 0.4) is 0 Å². The van der Waals surface area contributed by atoms with Gasteiger partial charge in [-0.1, -0.05) is 15.9 Å². The third-order valence-electron chi connectivity index (χ3n) is 3.66. The molecule has 29 heavy (non-hydrogen) atoms. The average molecular weight is 479 g/mol. The van der Waals surface area contributed by atoms with E-state index in [0.29, 0.717) is 15.8 Å². The first-order valence-electron chi connectivity index (χ1n) is 8.30. The Bertz CT molecular complexity index is 1030. The van der Waals surface area contributed by atoms with Crippen molar-refractivity contribution in [1.29, 1.82) is 0 Å². The molecule has 0 aliphatic heterocycles. The van der Waals surface area contributed by atoms with E-state index in [-0.39, 0.29) is 24.5 Å². The van der Waals surface area contributed by atoms with Crippen LogP contribution in [0.2, 0.25) is 0 Å². The van der Waals surface area contributed by atoms with Crippen LogP contribution in [0.4, 0.5) is 5.69 Å². The van der Waals surface area contributed by atoms with Gasteiger partial charge in [0.2, 0.25) is 0 Å². The SMILES string of the molecule is Cn1cnnc1Sc1ccc(C(=O)OCCOc2ccc(Br)cc2)cc1[N+](=O)[O-]. The van der Waals surface area contributed by atoms with E-state index in [2.05, 4.69) is 26.1 Å². The number of nitro benzene ring substituents is 1. The maximum atomic E-state index is 12.2. The van der Waals surface area contributed by atoms with E-state index in [0.717, 1.165) is 16.2 Å². The highest BCUT2D eigenvalue weighted by Gasteiger charge is 2.20. The van der Waals surface area contributed by atoms with Crippen LogP contribution >= 0.6 is 27.7 Å². The van der Waals surface area contributed by atoms with Crippen LogP contribution in [0.25, 0.3) is 0 Å². The monoisotopic (exact) mass is 478 g/mol. The molecule has 0 aliphatic carbocycles. The largest absolute Gasteiger partial charge is 0.490 e. The Morgan fingerprint density at radius 2 is 2.00 bits per heavy atom. The summed E-state index contributed by atoms with van der Waals surface area (Å²) in [5.74, 6) is -0.0206. The van der Waals surface area contributed by atoms with Crippen LogP contribution in [0.1, 0.15) is 10.4 Å². The zero-order valence-corrected chi connectivity index (χ0v) is 17.6. The first-order valence-corrected chi connectivity index (χ1v) is 9.91. The molecule has 2 aromatic carbocycles. The topological polar surface area (TPSA) is 109 Å². The molecular weight excluding hydrogens is 464 g/mol. The van der Waals surface area contributed by atoms with Crippen molar-refractivity contribution in [2.75, 3.05) is 13.2 Å². The molecular formula is C18H15BrN4O5S. The molecule has 0 spiro atoms. The Balaban J connectivity index is 1.61. The smallest absolute Gasteiger partial charge is 0.338 e. The van der Waals surface area contributed by atoms with Gasteiger partial charge in [-0.2, -0.15) is 0 Å². The van der Waals surface area contributed by atoms with Gasteiger partial charge in [-0.3, -0.25) is 10.1 Å². The van der Waals surface area contributed by atoms with Crippen molar-refractivity contribution < 1.29 is 19.2 Å². The molecule has 1 aromatic heterocycles. The fraction of sp³-hybridized carbons (Fsp3) is 0.167. The number of benzene rings is 2. The fourth-order valence-corrected chi connectivity index (χ4v) is 3.36. The molecule has 3 aromatic rings. The summed E-state index contributed by atoms with van der Waals surface area (Å²) < 4.78 is 13.2. The van der Waals surface area contributed by atoms with Crippen LogP contribution in [0.5, 0.6) is 5.75 Å². The van der Waals surface area contributed by atoms with Crippen LogP contribution in [-0.4, -0.2) is 38.9 Å². The molecule has 3 rings (SSSR count).